The molecule has 0 atom stereocenters. The van der Waals surface area contributed by atoms with E-state index < -0.39 is 0 Å². The molecule has 1 aromatic carbocycles. The number of rotatable bonds is 4. The van der Waals surface area contributed by atoms with E-state index in [1.165, 1.54) is 44.2 Å². The van der Waals surface area contributed by atoms with Crippen molar-refractivity contribution in [1.82, 2.24) is 4.90 Å². The van der Waals surface area contributed by atoms with Gasteiger partial charge >= 0.3 is 0 Å². The lowest BCUT2D eigenvalue weighted by atomic mass is 9.94. The molecule has 3 nitrogen and oxygen atoms in total. The summed E-state index contributed by atoms with van der Waals surface area (Å²) in [6, 6.07) is 5.13. The maximum Gasteiger partial charge on any atom is 0.123 e. The Hall–Kier alpha value is -1.42. The molecule has 0 bridgehead atoms. The zero-order chi connectivity index (χ0) is 13.8. The Morgan fingerprint density at radius 3 is 2.68 bits per heavy atom. The first-order valence-electron chi connectivity index (χ1n) is 6.91. The van der Waals surface area contributed by atoms with E-state index in [9.17, 15) is 4.39 Å². The molecule has 0 spiro atoms. The molecule has 0 amide bonds. The molecule has 0 aromatic heterocycles. The van der Waals surface area contributed by atoms with Crippen LogP contribution in [0.3, 0.4) is 0 Å². The van der Waals surface area contributed by atoms with Crippen LogP contribution in [0, 0.1) is 11.2 Å². The summed E-state index contributed by atoms with van der Waals surface area (Å²) < 4.78 is 13.2. The van der Waals surface area contributed by atoms with Crippen LogP contribution < -0.4 is 5.73 Å². The summed E-state index contributed by atoms with van der Waals surface area (Å²) in [4.78, 5) is 2.30. The SMILES string of the molecule is CN(Cc1ccc(F)cc1C(=N)N)C1CCCCC1. The maximum absolute atomic E-state index is 13.2. The fourth-order valence-corrected chi connectivity index (χ4v) is 2.86. The van der Waals surface area contributed by atoms with Crippen LogP contribution in [0.1, 0.15) is 43.2 Å². The van der Waals surface area contributed by atoms with Gasteiger partial charge in [0.25, 0.3) is 0 Å². The largest absolute Gasteiger partial charge is 0.384 e. The third kappa shape index (κ3) is 3.53. The van der Waals surface area contributed by atoms with Crippen molar-refractivity contribution in [3.8, 4) is 0 Å². The number of nitrogens with zero attached hydrogens (tertiary/aromatic N) is 1. The lowest BCUT2D eigenvalue weighted by Crippen LogP contribution is -2.33. The van der Waals surface area contributed by atoms with Crippen molar-refractivity contribution in [1.29, 1.82) is 5.41 Å². The lowest BCUT2D eigenvalue weighted by Gasteiger charge is -2.31. The van der Waals surface area contributed by atoms with E-state index in [4.69, 9.17) is 11.1 Å². The molecule has 0 heterocycles. The molecule has 2 rings (SSSR count). The van der Waals surface area contributed by atoms with Crippen LogP contribution >= 0.6 is 0 Å². The van der Waals surface area contributed by atoms with Crippen molar-refractivity contribution in [3.63, 3.8) is 0 Å². The zero-order valence-electron chi connectivity index (χ0n) is 11.5. The summed E-state index contributed by atoms with van der Waals surface area (Å²) in [5, 5.41) is 7.55. The molecule has 1 aliphatic carbocycles. The molecule has 4 heteroatoms. The molecule has 0 saturated heterocycles. The van der Waals surface area contributed by atoms with E-state index in [1.807, 2.05) is 0 Å². The quantitative estimate of drug-likeness (QED) is 0.648. The first-order valence-corrected chi connectivity index (χ1v) is 6.91. The Bertz CT molecular complexity index is 453. The molecule has 0 radical (unpaired) electrons. The van der Waals surface area contributed by atoms with Crippen molar-refractivity contribution < 1.29 is 4.39 Å². The monoisotopic (exact) mass is 263 g/mol. The second kappa shape index (κ2) is 6.15. The topological polar surface area (TPSA) is 53.1 Å². The van der Waals surface area contributed by atoms with Crippen LogP contribution in [-0.4, -0.2) is 23.8 Å². The summed E-state index contributed by atoms with van der Waals surface area (Å²) in [7, 11) is 2.10. The molecule has 0 aliphatic heterocycles. The molecule has 19 heavy (non-hydrogen) atoms. The maximum atomic E-state index is 13.2. The van der Waals surface area contributed by atoms with Gasteiger partial charge in [-0.15, -0.1) is 0 Å². The highest BCUT2D eigenvalue weighted by atomic mass is 19.1. The Morgan fingerprint density at radius 1 is 1.37 bits per heavy atom. The van der Waals surface area contributed by atoms with Crippen molar-refractivity contribution in [2.45, 2.75) is 44.7 Å². The van der Waals surface area contributed by atoms with Crippen molar-refractivity contribution in [2.75, 3.05) is 7.05 Å². The second-order valence-corrected chi connectivity index (χ2v) is 5.42. The van der Waals surface area contributed by atoms with E-state index in [-0.39, 0.29) is 11.7 Å². The van der Waals surface area contributed by atoms with Crippen LogP contribution in [0.2, 0.25) is 0 Å². The van der Waals surface area contributed by atoms with Gasteiger partial charge in [-0.3, -0.25) is 10.3 Å². The molecular weight excluding hydrogens is 241 g/mol. The Balaban J connectivity index is 2.11. The van der Waals surface area contributed by atoms with Crippen LogP contribution in [0.5, 0.6) is 0 Å². The van der Waals surface area contributed by atoms with Gasteiger partial charge in [0.2, 0.25) is 0 Å². The third-order valence-corrected chi connectivity index (χ3v) is 3.98. The number of nitrogens with two attached hydrogens (primary N) is 1. The number of nitrogen functional groups attached to an aromatic ring is 1. The Morgan fingerprint density at radius 2 is 2.05 bits per heavy atom. The Kier molecular flexibility index (Phi) is 4.53. The zero-order valence-corrected chi connectivity index (χ0v) is 11.5. The first kappa shape index (κ1) is 14.0. The number of amidine groups is 1. The highest BCUT2D eigenvalue weighted by Crippen LogP contribution is 2.23. The van der Waals surface area contributed by atoms with Crippen molar-refractivity contribution in [3.05, 3.63) is 35.1 Å². The second-order valence-electron chi connectivity index (χ2n) is 5.42. The van der Waals surface area contributed by atoms with E-state index in [0.29, 0.717) is 11.6 Å². The summed E-state index contributed by atoms with van der Waals surface area (Å²) in [5.74, 6) is -0.402. The number of hydrogen-bond donors (Lipinski definition) is 2. The van der Waals surface area contributed by atoms with Gasteiger partial charge in [0, 0.05) is 18.2 Å². The fraction of sp³-hybridized carbons (Fsp3) is 0.533. The van der Waals surface area contributed by atoms with E-state index in [2.05, 4.69) is 11.9 Å². The van der Waals surface area contributed by atoms with Crippen molar-refractivity contribution in [2.24, 2.45) is 5.73 Å². The average molecular weight is 263 g/mol. The summed E-state index contributed by atoms with van der Waals surface area (Å²) >= 11 is 0. The van der Waals surface area contributed by atoms with Gasteiger partial charge in [0.15, 0.2) is 0 Å². The average Bonchev–Trinajstić information content (AvgIpc) is 2.41. The minimum Gasteiger partial charge on any atom is -0.384 e. The smallest absolute Gasteiger partial charge is 0.123 e. The van der Waals surface area contributed by atoms with E-state index >= 15 is 0 Å². The molecule has 1 aromatic rings. The van der Waals surface area contributed by atoms with E-state index in [1.54, 1.807) is 6.07 Å². The van der Waals surface area contributed by atoms with Crippen LogP contribution in [0.4, 0.5) is 4.39 Å². The standard InChI is InChI=1S/C15H22FN3/c1-19(13-5-3-2-4-6-13)10-11-7-8-12(16)9-14(11)15(17)18/h7-9,13H,2-6,10H2,1H3,(H3,17,18). The molecule has 1 fully saturated rings. The van der Waals surface area contributed by atoms with Gasteiger partial charge < -0.3 is 5.73 Å². The minimum atomic E-state index is -0.339. The van der Waals surface area contributed by atoms with Crippen LogP contribution in [-0.2, 0) is 6.54 Å². The molecule has 3 N–H and O–H groups in total. The van der Waals surface area contributed by atoms with Gasteiger partial charge in [-0.25, -0.2) is 4.39 Å². The number of halogens is 1. The summed E-state index contributed by atoms with van der Waals surface area (Å²) in [6.45, 7) is 0.722. The predicted molar refractivity (Wildman–Crippen MR) is 75.8 cm³/mol. The highest BCUT2D eigenvalue weighted by molar-refractivity contribution is 5.96. The van der Waals surface area contributed by atoms with Gasteiger partial charge in [0.1, 0.15) is 11.7 Å². The normalized spacial score (nSPS) is 16.8. The van der Waals surface area contributed by atoms with Crippen LogP contribution in [0.15, 0.2) is 18.2 Å². The highest BCUT2D eigenvalue weighted by Gasteiger charge is 2.19. The first-order chi connectivity index (χ1) is 9.08. The number of hydrogen-bond acceptors (Lipinski definition) is 2. The van der Waals surface area contributed by atoms with Gasteiger partial charge in [0.05, 0.1) is 0 Å². The molecule has 1 aliphatic rings. The molecule has 1 saturated carbocycles. The summed E-state index contributed by atoms with van der Waals surface area (Å²) in [6.07, 6.45) is 6.37. The number of benzene rings is 1. The summed E-state index contributed by atoms with van der Waals surface area (Å²) in [5.41, 5.74) is 6.98. The lowest BCUT2D eigenvalue weighted by molar-refractivity contribution is 0.184. The fourth-order valence-electron chi connectivity index (χ4n) is 2.86. The van der Waals surface area contributed by atoms with Crippen molar-refractivity contribution >= 4 is 5.84 Å². The van der Waals surface area contributed by atoms with Gasteiger partial charge in [-0.05, 0) is 37.6 Å². The molecule has 104 valence electrons. The molecule has 0 unspecified atom stereocenters. The Labute approximate surface area is 114 Å². The molecular formula is C15H22FN3. The third-order valence-electron chi connectivity index (χ3n) is 3.98. The van der Waals surface area contributed by atoms with E-state index in [0.717, 1.165) is 12.1 Å². The van der Waals surface area contributed by atoms with Gasteiger partial charge in [-0.2, -0.15) is 0 Å². The van der Waals surface area contributed by atoms with Gasteiger partial charge in [-0.1, -0.05) is 25.3 Å². The van der Waals surface area contributed by atoms with Crippen LogP contribution in [0.25, 0.3) is 0 Å². The number of nitrogens with one attached hydrogen (secondary N) is 1. The minimum absolute atomic E-state index is 0.0634. The predicted octanol–water partition coefficient (Wildman–Crippen LogP) is 2.87.